The van der Waals surface area contributed by atoms with E-state index in [1.165, 1.54) is 34.2 Å². The molecule has 0 saturated heterocycles. The number of benzene rings is 2. The van der Waals surface area contributed by atoms with E-state index in [2.05, 4.69) is 43.3 Å². The zero-order valence-electron chi connectivity index (χ0n) is 16.7. The summed E-state index contributed by atoms with van der Waals surface area (Å²) >= 11 is 0. The first-order chi connectivity index (χ1) is 13.1. The minimum absolute atomic E-state index is 0.244. The Hall–Kier alpha value is -1.84. The van der Waals surface area contributed by atoms with Gasteiger partial charge in [0.25, 0.3) is 0 Å². The van der Waals surface area contributed by atoms with Gasteiger partial charge in [0.1, 0.15) is 5.75 Å². The summed E-state index contributed by atoms with van der Waals surface area (Å²) in [5.41, 5.74) is 13.1. The zero-order valence-corrected chi connectivity index (χ0v) is 16.7. The second-order valence-electron chi connectivity index (χ2n) is 7.93. The molecule has 27 heavy (non-hydrogen) atoms. The van der Waals surface area contributed by atoms with Crippen LogP contribution in [0.2, 0.25) is 0 Å². The number of rotatable bonds is 8. The van der Waals surface area contributed by atoms with Crippen LogP contribution < -0.4 is 10.5 Å². The minimum atomic E-state index is 0.244. The van der Waals surface area contributed by atoms with Gasteiger partial charge in [0.05, 0.1) is 7.11 Å². The summed E-state index contributed by atoms with van der Waals surface area (Å²) in [5.74, 6) is 2.01. The monoisotopic (exact) mass is 367 g/mol. The zero-order chi connectivity index (χ0) is 19.2. The normalized spacial score (nSPS) is 17.4. The highest BCUT2D eigenvalue weighted by Gasteiger charge is 2.21. The molecule has 0 amide bonds. The second kappa shape index (κ2) is 9.38. The van der Waals surface area contributed by atoms with Crippen LogP contribution in [0.5, 0.6) is 5.75 Å². The molecule has 0 unspecified atom stereocenters. The van der Waals surface area contributed by atoms with Crippen molar-refractivity contribution in [2.45, 2.75) is 51.4 Å². The van der Waals surface area contributed by atoms with Gasteiger partial charge in [0.15, 0.2) is 0 Å². The molecule has 0 saturated carbocycles. The molecule has 3 rings (SSSR count). The summed E-state index contributed by atoms with van der Waals surface area (Å²) in [6.45, 7) is 3.08. The smallest absolute Gasteiger partial charge is 0.119 e. The quantitative estimate of drug-likeness (QED) is 0.736. The number of hydrogen-bond acceptors (Lipinski definition) is 3. The molecule has 3 N–H and O–H groups in total. The van der Waals surface area contributed by atoms with E-state index in [4.69, 9.17) is 15.6 Å². The molecule has 1 aliphatic rings. The van der Waals surface area contributed by atoms with E-state index in [9.17, 15) is 0 Å². The van der Waals surface area contributed by atoms with Crippen molar-refractivity contribution in [3.05, 3.63) is 64.2 Å². The van der Waals surface area contributed by atoms with Gasteiger partial charge < -0.3 is 15.6 Å². The maximum absolute atomic E-state index is 9.10. The topological polar surface area (TPSA) is 55.5 Å². The number of aliphatic hydroxyl groups excluding tert-OH is 1. The number of fused-ring (bicyclic) bond motifs is 1. The van der Waals surface area contributed by atoms with Crippen LogP contribution >= 0.6 is 0 Å². The highest BCUT2D eigenvalue weighted by Crippen LogP contribution is 2.32. The lowest BCUT2D eigenvalue weighted by molar-refractivity contribution is 0.280. The van der Waals surface area contributed by atoms with E-state index >= 15 is 0 Å². The van der Waals surface area contributed by atoms with Crippen LogP contribution in [-0.2, 0) is 19.3 Å². The lowest BCUT2D eigenvalue weighted by Crippen LogP contribution is -2.18. The Balaban J connectivity index is 1.68. The average molecular weight is 368 g/mol. The number of aryl methyl sites for hydroxylation is 2. The molecule has 2 atom stereocenters. The summed E-state index contributed by atoms with van der Waals surface area (Å²) in [5, 5.41) is 9.10. The van der Waals surface area contributed by atoms with Gasteiger partial charge in [-0.2, -0.15) is 0 Å². The Bertz CT molecular complexity index is 756. The number of hydrogen-bond donors (Lipinski definition) is 2. The van der Waals surface area contributed by atoms with Crippen molar-refractivity contribution in [1.29, 1.82) is 0 Å². The highest BCUT2D eigenvalue weighted by molar-refractivity contribution is 5.38. The molecule has 3 heteroatoms. The predicted molar refractivity (Wildman–Crippen MR) is 112 cm³/mol. The maximum atomic E-state index is 9.10. The van der Waals surface area contributed by atoms with Crippen molar-refractivity contribution in [3.8, 4) is 5.75 Å². The number of nitrogens with two attached hydrogens (primary N) is 1. The molecule has 0 aliphatic heterocycles. The van der Waals surface area contributed by atoms with Gasteiger partial charge in [-0.05, 0) is 104 Å². The largest absolute Gasteiger partial charge is 0.497 e. The first kappa shape index (κ1) is 19.9. The van der Waals surface area contributed by atoms with Crippen LogP contribution in [0.25, 0.3) is 0 Å². The van der Waals surface area contributed by atoms with Gasteiger partial charge in [-0.3, -0.25) is 0 Å². The van der Waals surface area contributed by atoms with E-state index in [1.54, 1.807) is 7.11 Å². The van der Waals surface area contributed by atoms with E-state index in [0.29, 0.717) is 18.4 Å². The van der Waals surface area contributed by atoms with Crippen molar-refractivity contribution in [3.63, 3.8) is 0 Å². The molecule has 1 aliphatic carbocycles. The van der Waals surface area contributed by atoms with Crippen LogP contribution in [0.15, 0.2) is 36.4 Å². The van der Waals surface area contributed by atoms with Gasteiger partial charge in [0, 0.05) is 6.61 Å². The Kier molecular flexibility index (Phi) is 6.92. The third-order valence-corrected chi connectivity index (χ3v) is 6.09. The van der Waals surface area contributed by atoms with Crippen LogP contribution in [0.1, 0.15) is 53.0 Å². The van der Waals surface area contributed by atoms with Crippen molar-refractivity contribution in [1.82, 2.24) is 0 Å². The van der Waals surface area contributed by atoms with Crippen LogP contribution in [0.4, 0.5) is 0 Å². The van der Waals surface area contributed by atoms with Crippen molar-refractivity contribution < 1.29 is 9.84 Å². The van der Waals surface area contributed by atoms with E-state index in [1.807, 2.05) is 0 Å². The molecule has 0 spiro atoms. The van der Waals surface area contributed by atoms with E-state index < -0.39 is 0 Å². The van der Waals surface area contributed by atoms with Gasteiger partial charge in [-0.25, -0.2) is 0 Å². The summed E-state index contributed by atoms with van der Waals surface area (Å²) in [4.78, 5) is 0. The van der Waals surface area contributed by atoms with Gasteiger partial charge in [-0.15, -0.1) is 0 Å². The van der Waals surface area contributed by atoms with Crippen LogP contribution in [0.3, 0.4) is 0 Å². The molecule has 2 aromatic rings. The Morgan fingerprint density at radius 3 is 2.74 bits per heavy atom. The van der Waals surface area contributed by atoms with E-state index in [0.717, 1.165) is 37.9 Å². The Morgan fingerprint density at radius 1 is 1.19 bits per heavy atom. The molecule has 0 aromatic heterocycles. The number of methoxy groups -OCH3 is 1. The fourth-order valence-corrected chi connectivity index (χ4v) is 4.37. The molecule has 2 aromatic carbocycles. The molecule has 0 radical (unpaired) electrons. The highest BCUT2D eigenvalue weighted by atomic mass is 16.5. The Labute approximate surface area is 163 Å². The lowest BCUT2D eigenvalue weighted by atomic mass is 9.79. The summed E-state index contributed by atoms with van der Waals surface area (Å²) < 4.78 is 5.33. The van der Waals surface area contributed by atoms with Gasteiger partial charge in [0.2, 0.25) is 0 Å². The first-order valence-corrected chi connectivity index (χ1v) is 10.2. The van der Waals surface area contributed by atoms with Crippen molar-refractivity contribution >= 4 is 0 Å². The average Bonchev–Trinajstić information content (AvgIpc) is 2.70. The summed E-state index contributed by atoms with van der Waals surface area (Å²) in [7, 11) is 1.72. The molecule has 0 fully saturated rings. The first-order valence-electron chi connectivity index (χ1n) is 10.2. The fraction of sp³-hybridized carbons (Fsp3) is 0.500. The third-order valence-electron chi connectivity index (χ3n) is 6.09. The molecule has 0 bridgehead atoms. The molecule has 0 heterocycles. The SMILES string of the molecule is COc1ccc(C[C@@H]2CCc3cc([C@H](CN)CCCO)ccc3C2)c(C)c1. The van der Waals surface area contributed by atoms with Gasteiger partial charge >= 0.3 is 0 Å². The lowest BCUT2D eigenvalue weighted by Gasteiger charge is -2.27. The molecular weight excluding hydrogens is 334 g/mol. The van der Waals surface area contributed by atoms with Gasteiger partial charge in [-0.1, -0.05) is 24.3 Å². The Morgan fingerprint density at radius 2 is 2.04 bits per heavy atom. The number of ether oxygens (including phenoxy) is 1. The predicted octanol–water partition coefficient (Wildman–Crippen LogP) is 4.17. The van der Waals surface area contributed by atoms with E-state index in [-0.39, 0.29) is 6.61 Å². The second-order valence-corrected chi connectivity index (χ2v) is 7.93. The summed E-state index contributed by atoms with van der Waals surface area (Å²) in [6.07, 6.45) is 6.48. The minimum Gasteiger partial charge on any atom is -0.497 e. The summed E-state index contributed by atoms with van der Waals surface area (Å²) in [6, 6.07) is 13.4. The van der Waals surface area contributed by atoms with Crippen LogP contribution in [0, 0.1) is 12.8 Å². The fourth-order valence-electron chi connectivity index (χ4n) is 4.37. The van der Waals surface area contributed by atoms with Crippen molar-refractivity contribution in [2.24, 2.45) is 11.7 Å². The van der Waals surface area contributed by atoms with Crippen LogP contribution in [-0.4, -0.2) is 25.4 Å². The van der Waals surface area contributed by atoms with Crippen molar-refractivity contribution in [2.75, 3.05) is 20.3 Å². The molecule has 146 valence electrons. The molecule has 3 nitrogen and oxygen atoms in total. The molecular formula is C24H33NO2. The standard InChI is InChI=1S/C24H33NO2/c1-17-12-24(27-2)10-9-19(17)13-18-5-6-21-15-22(8-7-20(21)14-18)23(16-25)4-3-11-26/h7-10,12,15,18,23,26H,3-6,11,13-14,16,25H2,1-2H3/t18-,23-/m0/s1. The number of aliphatic hydroxyl groups is 1. The maximum Gasteiger partial charge on any atom is 0.119 e. The third kappa shape index (κ3) is 4.91.